The van der Waals surface area contributed by atoms with E-state index in [-0.39, 0.29) is 6.61 Å². The molecule has 4 heteroatoms. The van der Waals surface area contributed by atoms with Gasteiger partial charge < -0.3 is 9.67 Å². The minimum Gasteiger partial charge on any atom is -0.388 e. The van der Waals surface area contributed by atoms with Crippen molar-refractivity contribution < 1.29 is 5.11 Å². The first-order valence-electron chi connectivity index (χ1n) is 5.31. The van der Waals surface area contributed by atoms with Crippen LogP contribution in [0.2, 0.25) is 0 Å². The van der Waals surface area contributed by atoms with E-state index in [0.29, 0.717) is 11.7 Å². The van der Waals surface area contributed by atoms with E-state index in [4.69, 9.17) is 5.11 Å². The summed E-state index contributed by atoms with van der Waals surface area (Å²) >= 11 is 0. The molecule has 0 aliphatic rings. The van der Waals surface area contributed by atoms with E-state index >= 15 is 0 Å². The molecule has 1 rings (SSSR count). The quantitative estimate of drug-likeness (QED) is 0.781. The second-order valence-corrected chi connectivity index (χ2v) is 3.39. The van der Waals surface area contributed by atoms with Crippen LogP contribution in [0.25, 0.3) is 0 Å². The number of hydrogen-bond acceptors (Lipinski definition) is 3. The molecule has 1 aromatic heterocycles. The van der Waals surface area contributed by atoms with Crippen molar-refractivity contribution in [2.75, 3.05) is 0 Å². The summed E-state index contributed by atoms with van der Waals surface area (Å²) in [5, 5.41) is 17.2. The predicted octanol–water partition coefficient (Wildman–Crippen LogP) is 1.69. The molecule has 0 spiro atoms. The molecule has 0 saturated carbocycles. The minimum absolute atomic E-state index is 0.0268. The van der Waals surface area contributed by atoms with Crippen LogP contribution < -0.4 is 0 Å². The van der Waals surface area contributed by atoms with E-state index < -0.39 is 0 Å². The summed E-state index contributed by atoms with van der Waals surface area (Å²) < 4.78 is 2.01. The Morgan fingerprint density at radius 2 is 1.86 bits per heavy atom. The van der Waals surface area contributed by atoms with Crippen molar-refractivity contribution in [3.63, 3.8) is 0 Å². The van der Waals surface area contributed by atoms with Gasteiger partial charge in [-0.2, -0.15) is 0 Å². The van der Waals surface area contributed by atoms with Crippen molar-refractivity contribution in [2.45, 2.75) is 52.7 Å². The Morgan fingerprint density at radius 3 is 2.29 bits per heavy atom. The summed E-state index contributed by atoms with van der Waals surface area (Å²) in [4.78, 5) is 0. The fourth-order valence-electron chi connectivity index (χ4n) is 1.77. The topological polar surface area (TPSA) is 50.9 Å². The van der Waals surface area contributed by atoms with Gasteiger partial charge in [0.2, 0.25) is 0 Å². The summed E-state index contributed by atoms with van der Waals surface area (Å²) in [7, 11) is 0. The minimum atomic E-state index is -0.0268. The zero-order valence-corrected chi connectivity index (χ0v) is 9.19. The first kappa shape index (κ1) is 11.2. The van der Waals surface area contributed by atoms with Crippen molar-refractivity contribution >= 4 is 0 Å². The van der Waals surface area contributed by atoms with Gasteiger partial charge in [0.15, 0.2) is 5.82 Å². The highest BCUT2D eigenvalue weighted by molar-refractivity contribution is 5.01. The molecule has 0 amide bonds. The highest BCUT2D eigenvalue weighted by Gasteiger charge is 2.16. The Kier molecular flexibility index (Phi) is 4.07. The molecule has 0 unspecified atom stereocenters. The molecule has 0 bridgehead atoms. The third kappa shape index (κ3) is 1.95. The largest absolute Gasteiger partial charge is 0.388 e. The van der Waals surface area contributed by atoms with Gasteiger partial charge in [-0.05, 0) is 19.8 Å². The van der Waals surface area contributed by atoms with E-state index in [1.807, 2.05) is 4.57 Å². The zero-order valence-electron chi connectivity index (χ0n) is 9.19. The fourth-order valence-corrected chi connectivity index (χ4v) is 1.77. The van der Waals surface area contributed by atoms with Crippen molar-refractivity contribution in [3.8, 4) is 0 Å². The lowest BCUT2D eigenvalue weighted by molar-refractivity contribution is 0.264. The summed E-state index contributed by atoms with van der Waals surface area (Å²) in [5.41, 5.74) is 0. The first-order chi connectivity index (χ1) is 6.78. The Morgan fingerprint density at radius 1 is 1.21 bits per heavy atom. The molecule has 80 valence electrons. The van der Waals surface area contributed by atoms with Gasteiger partial charge in [-0.1, -0.05) is 13.8 Å². The smallest absolute Gasteiger partial charge is 0.158 e. The molecule has 0 atom stereocenters. The second kappa shape index (κ2) is 5.10. The van der Waals surface area contributed by atoms with Crippen molar-refractivity contribution in [3.05, 3.63) is 11.6 Å². The summed E-state index contributed by atoms with van der Waals surface area (Å²) in [5.74, 6) is 2.15. The van der Waals surface area contributed by atoms with Crippen LogP contribution in [-0.2, 0) is 13.2 Å². The summed E-state index contributed by atoms with van der Waals surface area (Å²) in [6.07, 6.45) is 2.14. The Hall–Kier alpha value is -0.900. The van der Waals surface area contributed by atoms with Crippen LogP contribution in [0.1, 0.15) is 51.2 Å². The molecule has 0 aromatic carbocycles. The van der Waals surface area contributed by atoms with Gasteiger partial charge in [-0.3, -0.25) is 0 Å². The molecule has 0 aliphatic heterocycles. The molecular formula is C10H19N3O. The van der Waals surface area contributed by atoms with Crippen LogP contribution in [0.5, 0.6) is 0 Å². The Labute approximate surface area is 85.0 Å². The lowest BCUT2D eigenvalue weighted by Gasteiger charge is -2.13. The molecule has 4 nitrogen and oxygen atoms in total. The van der Waals surface area contributed by atoms with Crippen LogP contribution in [0.4, 0.5) is 0 Å². The standard InChI is InChI=1S/C10H19N3O/c1-4-8(5-2)10-12-11-9(7-14)13(10)6-3/h8,14H,4-7H2,1-3H3. The van der Waals surface area contributed by atoms with Gasteiger partial charge in [0, 0.05) is 12.5 Å². The maximum atomic E-state index is 9.07. The Bertz CT molecular complexity index is 279. The van der Waals surface area contributed by atoms with Gasteiger partial charge >= 0.3 is 0 Å². The molecule has 0 fully saturated rings. The first-order valence-corrected chi connectivity index (χ1v) is 5.31. The number of nitrogens with zero attached hydrogens (tertiary/aromatic N) is 3. The Balaban J connectivity index is 3.01. The van der Waals surface area contributed by atoms with Crippen molar-refractivity contribution in [1.82, 2.24) is 14.8 Å². The fraction of sp³-hybridized carbons (Fsp3) is 0.800. The SMILES string of the molecule is CCC(CC)c1nnc(CO)n1CC. The number of aliphatic hydroxyl groups excluding tert-OH is 1. The molecule has 1 heterocycles. The molecule has 0 aliphatic carbocycles. The van der Waals surface area contributed by atoms with Crippen LogP contribution in [-0.4, -0.2) is 19.9 Å². The monoisotopic (exact) mass is 197 g/mol. The van der Waals surface area contributed by atoms with Gasteiger partial charge in [0.1, 0.15) is 12.4 Å². The maximum absolute atomic E-state index is 9.07. The predicted molar refractivity (Wildman–Crippen MR) is 54.9 cm³/mol. The maximum Gasteiger partial charge on any atom is 0.158 e. The summed E-state index contributed by atoms with van der Waals surface area (Å²) in [6, 6.07) is 0. The zero-order chi connectivity index (χ0) is 10.6. The average molecular weight is 197 g/mol. The highest BCUT2D eigenvalue weighted by atomic mass is 16.3. The van der Waals surface area contributed by atoms with Crippen LogP contribution >= 0.6 is 0 Å². The van der Waals surface area contributed by atoms with Crippen molar-refractivity contribution in [2.24, 2.45) is 0 Å². The average Bonchev–Trinajstić information content (AvgIpc) is 2.62. The molecule has 0 radical (unpaired) electrons. The summed E-state index contributed by atoms with van der Waals surface area (Å²) in [6.45, 7) is 7.16. The highest BCUT2D eigenvalue weighted by Crippen LogP contribution is 2.21. The van der Waals surface area contributed by atoms with Crippen LogP contribution in [0.3, 0.4) is 0 Å². The molecule has 0 saturated heterocycles. The van der Waals surface area contributed by atoms with Gasteiger partial charge in [-0.15, -0.1) is 10.2 Å². The van der Waals surface area contributed by atoms with Crippen LogP contribution in [0.15, 0.2) is 0 Å². The van der Waals surface area contributed by atoms with Gasteiger partial charge in [-0.25, -0.2) is 0 Å². The molecule has 1 aromatic rings. The lowest BCUT2D eigenvalue weighted by Crippen LogP contribution is -2.09. The number of rotatable bonds is 5. The number of hydrogen-bond donors (Lipinski definition) is 1. The van der Waals surface area contributed by atoms with Crippen LogP contribution in [0, 0.1) is 0 Å². The van der Waals surface area contributed by atoms with E-state index in [1.54, 1.807) is 0 Å². The normalized spacial score (nSPS) is 11.2. The molecule has 1 N–H and O–H groups in total. The number of aromatic nitrogens is 3. The van der Waals surface area contributed by atoms with E-state index in [2.05, 4.69) is 31.0 Å². The third-order valence-electron chi connectivity index (χ3n) is 2.66. The molecule has 14 heavy (non-hydrogen) atoms. The molecular weight excluding hydrogens is 178 g/mol. The third-order valence-corrected chi connectivity index (χ3v) is 2.66. The van der Waals surface area contributed by atoms with E-state index in [0.717, 1.165) is 25.2 Å². The second-order valence-electron chi connectivity index (χ2n) is 3.39. The van der Waals surface area contributed by atoms with E-state index in [9.17, 15) is 0 Å². The van der Waals surface area contributed by atoms with E-state index in [1.165, 1.54) is 0 Å². The van der Waals surface area contributed by atoms with Crippen molar-refractivity contribution in [1.29, 1.82) is 0 Å². The lowest BCUT2D eigenvalue weighted by atomic mass is 10.0. The van der Waals surface area contributed by atoms with Gasteiger partial charge in [0.25, 0.3) is 0 Å². The van der Waals surface area contributed by atoms with Gasteiger partial charge in [0.05, 0.1) is 0 Å². The number of aliphatic hydroxyl groups is 1.